The lowest BCUT2D eigenvalue weighted by Crippen LogP contribution is -2.12. The van der Waals surface area contributed by atoms with Gasteiger partial charge in [0, 0.05) is 11.9 Å². The Balaban J connectivity index is 2.90. The number of nitrogens with one attached hydrogen (secondary N) is 2. The number of nitrogens with zero attached hydrogens (tertiary/aromatic N) is 2. The second-order valence-electron chi connectivity index (χ2n) is 3.06. The third kappa shape index (κ3) is 4.51. The number of anilines is 1. The highest BCUT2D eigenvalue weighted by Crippen LogP contribution is 2.26. The van der Waals surface area contributed by atoms with Gasteiger partial charge >= 0.3 is 6.18 Å². The van der Waals surface area contributed by atoms with E-state index in [9.17, 15) is 13.2 Å². The van der Waals surface area contributed by atoms with Gasteiger partial charge in [-0.25, -0.2) is 9.97 Å². The van der Waals surface area contributed by atoms with Crippen molar-refractivity contribution in [1.29, 1.82) is 5.41 Å². The van der Waals surface area contributed by atoms with Crippen LogP contribution in [0.3, 0.4) is 0 Å². The maximum atomic E-state index is 12.3. The molecule has 0 radical (unpaired) electrons. The zero-order chi connectivity index (χ0) is 13.1. The quantitative estimate of drug-likeness (QED) is 0.843. The summed E-state index contributed by atoms with van der Waals surface area (Å²) in [5, 5.41) is 9.74. The molecule has 0 aromatic carbocycles. The largest absolute Gasteiger partial charge is 0.451 e. The summed E-state index contributed by atoms with van der Waals surface area (Å²) in [7, 11) is 0. The van der Waals surface area contributed by atoms with Crippen molar-refractivity contribution in [1.82, 2.24) is 9.97 Å². The van der Waals surface area contributed by atoms with Crippen LogP contribution in [0, 0.1) is 5.41 Å². The van der Waals surface area contributed by atoms with Gasteiger partial charge in [0.05, 0.1) is 4.62 Å². The fraction of sp³-hybridized carbons (Fsp3) is 0.222. The van der Waals surface area contributed by atoms with Crippen LogP contribution < -0.4 is 5.32 Å². The molecule has 4 nitrogen and oxygen atoms in total. The third-order valence-electron chi connectivity index (χ3n) is 1.58. The summed E-state index contributed by atoms with van der Waals surface area (Å²) in [4.78, 5) is 6.45. The van der Waals surface area contributed by atoms with E-state index in [2.05, 4.69) is 31.2 Å². The molecular weight excluding hydrogens is 301 g/mol. The standard InChI is InChI=1S/C9H8BrF3N4/c1-5(4-6(10)14)16-7-2-3-15-8(17-7)9(11,12)13/h2-4,14H,1H3,(H,15,16,17)/b5-4-,14-6?. The molecule has 1 rings (SSSR count). The summed E-state index contributed by atoms with van der Waals surface area (Å²) >= 11 is 2.89. The van der Waals surface area contributed by atoms with Gasteiger partial charge in [0.25, 0.3) is 0 Å². The van der Waals surface area contributed by atoms with E-state index in [0.717, 1.165) is 6.20 Å². The predicted octanol–water partition coefficient (Wildman–Crippen LogP) is 3.18. The van der Waals surface area contributed by atoms with Gasteiger partial charge in [-0.3, -0.25) is 5.41 Å². The Morgan fingerprint density at radius 1 is 1.53 bits per heavy atom. The Kier molecular flexibility index (Phi) is 4.22. The maximum absolute atomic E-state index is 12.3. The van der Waals surface area contributed by atoms with Crippen molar-refractivity contribution in [2.45, 2.75) is 13.1 Å². The Morgan fingerprint density at radius 2 is 2.18 bits per heavy atom. The molecule has 2 N–H and O–H groups in total. The SMILES string of the molecule is C/C(=C/C(=N)Br)Nc1ccnc(C(F)(F)F)n1. The zero-order valence-corrected chi connectivity index (χ0v) is 10.2. The lowest BCUT2D eigenvalue weighted by atomic mass is 10.4. The molecule has 92 valence electrons. The van der Waals surface area contributed by atoms with Crippen LogP contribution in [0.4, 0.5) is 19.0 Å². The van der Waals surface area contributed by atoms with Crippen LogP contribution in [-0.4, -0.2) is 14.6 Å². The molecule has 1 aromatic heterocycles. The molecule has 0 atom stereocenters. The molecule has 1 heterocycles. The van der Waals surface area contributed by atoms with Crippen molar-refractivity contribution in [2.24, 2.45) is 0 Å². The van der Waals surface area contributed by atoms with Crippen LogP contribution in [0.2, 0.25) is 0 Å². The molecule has 0 bridgehead atoms. The molecule has 0 aliphatic rings. The third-order valence-corrected chi connectivity index (χ3v) is 1.81. The van der Waals surface area contributed by atoms with E-state index in [1.54, 1.807) is 6.92 Å². The number of rotatable bonds is 3. The van der Waals surface area contributed by atoms with Gasteiger partial charge in [0.1, 0.15) is 5.82 Å². The Hall–Kier alpha value is -1.44. The van der Waals surface area contributed by atoms with Crippen molar-refractivity contribution in [3.63, 3.8) is 0 Å². The number of halogens is 4. The summed E-state index contributed by atoms with van der Waals surface area (Å²) in [6.07, 6.45) is -2.16. The summed E-state index contributed by atoms with van der Waals surface area (Å²) in [5.74, 6) is -1.18. The lowest BCUT2D eigenvalue weighted by molar-refractivity contribution is -0.144. The highest BCUT2D eigenvalue weighted by atomic mass is 79.9. The average molecular weight is 309 g/mol. The molecule has 0 aliphatic carbocycles. The van der Waals surface area contributed by atoms with E-state index in [0.29, 0.717) is 5.70 Å². The second kappa shape index (κ2) is 5.26. The maximum Gasteiger partial charge on any atom is 0.451 e. The molecule has 0 spiro atoms. The molecule has 0 amide bonds. The van der Waals surface area contributed by atoms with E-state index in [1.165, 1.54) is 12.1 Å². The number of hydrogen-bond acceptors (Lipinski definition) is 4. The van der Waals surface area contributed by atoms with Gasteiger partial charge in [-0.1, -0.05) is 0 Å². The molecule has 17 heavy (non-hydrogen) atoms. The van der Waals surface area contributed by atoms with Crippen LogP contribution in [0.15, 0.2) is 24.0 Å². The summed E-state index contributed by atoms with van der Waals surface area (Å²) in [6, 6.07) is 1.31. The fourth-order valence-corrected chi connectivity index (χ4v) is 1.34. The molecule has 1 aromatic rings. The normalized spacial score (nSPS) is 12.4. The summed E-state index contributed by atoms with van der Waals surface area (Å²) < 4.78 is 37.0. The number of hydrogen-bond donors (Lipinski definition) is 2. The average Bonchev–Trinajstić information content (AvgIpc) is 2.15. The van der Waals surface area contributed by atoms with E-state index in [4.69, 9.17) is 5.41 Å². The molecule has 8 heteroatoms. The summed E-state index contributed by atoms with van der Waals surface area (Å²) in [6.45, 7) is 1.60. The van der Waals surface area contributed by atoms with Crippen LogP contribution >= 0.6 is 15.9 Å². The second-order valence-corrected chi connectivity index (χ2v) is 3.92. The van der Waals surface area contributed by atoms with Gasteiger partial charge in [-0.05, 0) is 35.0 Å². The van der Waals surface area contributed by atoms with Crippen LogP contribution in [-0.2, 0) is 6.18 Å². The Bertz CT molecular complexity index is 456. The first kappa shape index (κ1) is 13.6. The first-order valence-corrected chi connectivity index (χ1v) is 5.18. The smallest absolute Gasteiger partial charge is 0.344 e. The van der Waals surface area contributed by atoms with Crippen molar-refractivity contribution >= 4 is 26.4 Å². The van der Waals surface area contributed by atoms with Crippen molar-refractivity contribution in [2.75, 3.05) is 5.32 Å². The first-order valence-electron chi connectivity index (χ1n) is 4.38. The predicted molar refractivity (Wildman–Crippen MR) is 61.1 cm³/mol. The first-order chi connectivity index (χ1) is 7.79. The van der Waals surface area contributed by atoms with Crippen LogP contribution in [0.25, 0.3) is 0 Å². The van der Waals surface area contributed by atoms with Gasteiger partial charge in [0.2, 0.25) is 5.82 Å². The topological polar surface area (TPSA) is 61.7 Å². The van der Waals surface area contributed by atoms with Crippen LogP contribution in [0.1, 0.15) is 12.7 Å². The fourth-order valence-electron chi connectivity index (χ4n) is 0.993. The minimum absolute atomic E-state index is 0.0230. The molecule has 0 aliphatic heterocycles. The lowest BCUT2D eigenvalue weighted by Gasteiger charge is -2.08. The molecule has 0 fully saturated rings. The van der Waals surface area contributed by atoms with Gasteiger partial charge in [-0.2, -0.15) is 13.2 Å². The molecule has 0 saturated carbocycles. The van der Waals surface area contributed by atoms with E-state index >= 15 is 0 Å². The van der Waals surface area contributed by atoms with Gasteiger partial charge in [0.15, 0.2) is 0 Å². The summed E-state index contributed by atoms with van der Waals surface area (Å²) in [5.41, 5.74) is 0.485. The van der Waals surface area contributed by atoms with E-state index in [-0.39, 0.29) is 10.4 Å². The Labute approximate surface area is 104 Å². The van der Waals surface area contributed by atoms with Gasteiger partial charge < -0.3 is 5.32 Å². The van der Waals surface area contributed by atoms with E-state index in [1.807, 2.05) is 0 Å². The van der Waals surface area contributed by atoms with E-state index < -0.39 is 12.0 Å². The molecule has 0 saturated heterocycles. The Morgan fingerprint density at radius 3 is 2.71 bits per heavy atom. The zero-order valence-electron chi connectivity index (χ0n) is 8.64. The van der Waals surface area contributed by atoms with Crippen molar-refractivity contribution in [3.05, 3.63) is 29.9 Å². The van der Waals surface area contributed by atoms with Crippen molar-refractivity contribution < 1.29 is 13.2 Å². The minimum atomic E-state index is -4.57. The minimum Gasteiger partial charge on any atom is -0.344 e. The molecular formula is C9H8BrF3N4. The number of aromatic nitrogens is 2. The van der Waals surface area contributed by atoms with Gasteiger partial charge in [-0.15, -0.1) is 0 Å². The van der Waals surface area contributed by atoms with Crippen molar-refractivity contribution in [3.8, 4) is 0 Å². The van der Waals surface area contributed by atoms with Crippen LogP contribution in [0.5, 0.6) is 0 Å². The number of allylic oxidation sites excluding steroid dienone is 2. The highest BCUT2D eigenvalue weighted by Gasteiger charge is 2.34. The monoisotopic (exact) mass is 308 g/mol. The highest BCUT2D eigenvalue weighted by molar-refractivity contribution is 9.18. The number of alkyl halides is 3. The molecule has 0 unspecified atom stereocenters.